The molecule has 1 radical (unpaired) electrons. The molecule has 1 aliphatic carbocycles. The molecule has 29 heavy (non-hydrogen) atoms. The minimum Gasteiger partial charge on any atom is -0.496 e. The molecule has 0 saturated heterocycles. The molecule has 0 spiro atoms. The summed E-state index contributed by atoms with van der Waals surface area (Å²) >= 11 is 0. The molecule has 0 bridgehead atoms. The number of methoxy groups -OCH3 is 1. The van der Waals surface area contributed by atoms with Crippen molar-refractivity contribution in [1.29, 1.82) is 0 Å². The van der Waals surface area contributed by atoms with Crippen molar-refractivity contribution in [3.05, 3.63) is 55.0 Å². The number of amides is 1. The molecule has 1 N–H and O–H groups in total. The van der Waals surface area contributed by atoms with Gasteiger partial charge in [-0.3, -0.25) is 9.48 Å². The Kier molecular flexibility index (Phi) is 4.38. The second kappa shape index (κ2) is 7.20. The van der Waals surface area contributed by atoms with Gasteiger partial charge in [0.2, 0.25) is 0 Å². The molecule has 1 aromatic carbocycles. The van der Waals surface area contributed by atoms with Gasteiger partial charge in [0.1, 0.15) is 11.4 Å². The van der Waals surface area contributed by atoms with Gasteiger partial charge in [-0.15, -0.1) is 0 Å². The number of rotatable bonds is 4. The number of ether oxygens (including phenoxy) is 1. The Bertz CT molecular complexity index is 1190. The maximum atomic E-state index is 13.0. The Labute approximate surface area is 167 Å². The molecule has 1 aliphatic rings. The highest BCUT2D eigenvalue weighted by atomic mass is 16.5. The number of hydrogen-bond donors (Lipinski definition) is 1. The summed E-state index contributed by atoms with van der Waals surface area (Å²) in [5.41, 5.74) is 2.41. The Morgan fingerprint density at radius 3 is 2.97 bits per heavy atom. The van der Waals surface area contributed by atoms with E-state index in [1.807, 2.05) is 23.0 Å². The van der Waals surface area contributed by atoms with Crippen LogP contribution in [0.4, 0.5) is 5.69 Å². The summed E-state index contributed by atoms with van der Waals surface area (Å²) in [4.78, 5) is 17.3. The zero-order chi connectivity index (χ0) is 19.8. The number of benzene rings is 1. The molecule has 0 aliphatic heterocycles. The average Bonchev–Trinajstić information content (AvgIpc) is 3.37. The summed E-state index contributed by atoms with van der Waals surface area (Å²) in [7, 11) is 1.56. The van der Waals surface area contributed by atoms with E-state index < -0.39 is 0 Å². The predicted octanol–water partition coefficient (Wildman–Crippen LogP) is 3.66. The Balaban J connectivity index is 1.48. The van der Waals surface area contributed by atoms with Crippen molar-refractivity contribution in [2.24, 2.45) is 0 Å². The fourth-order valence-electron chi connectivity index (χ4n) is 3.88. The van der Waals surface area contributed by atoms with E-state index in [0.717, 1.165) is 36.6 Å². The predicted molar refractivity (Wildman–Crippen MR) is 109 cm³/mol. The van der Waals surface area contributed by atoms with Crippen LogP contribution in [-0.2, 0) is 0 Å². The van der Waals surface area contributed by atoms with Gasteiger partial charge >= 0.3 is 0 Å². The number of nitrogens with zero attached hydrogens (tertiary/aromatic N) is 5. The Hall–Kier alpha value is -3.42. The fourth-order valence-corrected chi connectivity index (χ4v) is 3.88. The first kappa shape index (κ1) is 17.7. The van der Waals surface area contributed by atoms with Crippen LogP contribution in [0.3, 0.4) is 0 Å². The van der Waals surface area contributed by atoms with Gasteiger partial charge < -0.3 is 10.1 Å². The summed E-state index contributed by atoms with van der Waals surface area (Å²) in [5, 5.41) is 12.7. The highest BCUT2D eigenvalue weighted by Crippen LogP contribution is 2.31. The van der Waals surface area contributed by atoms with Crippen LogP contribution in [-0.4, -0.2) is 37.4 Å². The third-order valence-electron chi connectivity index (χ3n) is 5.40. The van der Waals surface area contributed by atoms with Gasteiger partial charge in [0.05, 0.1) is 30.4 Å². The van der Waals surface area contributed by atoms with E-state index in [1.165, 1.54) is 0 Å². The van der Waals surface area contributed by atoms with Gasteiger partial charge in [-0.05, 0) is 44.2 Å². The molecule has 1 fully saturated rings. The maximum absolute atomic E-state index is 13.0. The van der Waals surface area contributed by atoms with Crippen molar-refractivity contribution in [2.75, 3.05) is 12.4 Å². The zero-order valence-corrected chi connectivity index (χ0v) is 16.1. The monoisotopic (exact) mass is 389 g/mol. The molecule has 1 saturated carbocycles. The molecule has 0 unspecified atom stereocenters. The SMILES string of the molecule is COc1cc2nn(C3CC[CH]CC3)cc2cc1C(=O)Nc1cnn2cccnc12. The van der Waals surface area contributed by atoms with Gasteiger partial charge in [0.25, 0.3) is 5.91 Å². The third kappa shape index (κ3) is 3.20. The highest BCUT2D eigenvalue weighted by Gasteiger charge is 2.20. The van der Waals surface area contributed by atoms with Crippen molar-refractivity contribution >= 4 is 28.1 Å². The third-order valence-corrected chi connectivity index (χ3v) is 5.40. The molecule has 4 aromatic rings. The molecule has 147 valence electrons. The minimum absolute atomic E-state index is 0.274. The molecule has 8 heteroatoms. The fraction of sp³-hybridized carbons (Fsp3) is 0.286. The van der Waals surface area contributed by atoms with Gasteiger partial charge in [-0.2, -0.15) is 10.2 Å². The van der Waals surface area contributed by atoms with Crippen molar-refractivity contribution in [3.63, 3.8) is 0 Å². The van der Waals surface area contributed by atoms with Crippen LogP contribution >= 0.6 is 0 Å². The number of carbonyl (C=O) groups excluding carboxylic acids is 1. The molecule has 1 amide bonds. The van der Waals surface area contributed by atoms with Crippen LogP contribution < -0.4 is 10.1 Å². The topological polar surface area (TPSA) is 86.3 Å². The van der Waals surface area contributed by atoms with Crippen molar-refractivity contribution in [1.82, 2.24) is 24.4 Å². The summed E-state index contributed by atoms with van der Waals surface area (Å²) in [6, 6.07) is 5.84. The zero-order valence-electron chi connectivity index (χ0n) is 16.1. The lowest BCUT2D eigenvalue weighted by Gasteiger charge is -2.21. The summed E-state index contributed by atoms with van der Waals surface area (Å²) < 4.78 is 9.13. The van der Waals surface area contributed by atoms with E-state index in [9.17, 15) is 4.79 Å². The highest BCUT2D eigenvalue weighted by molar-refractivity contribution is 6.09. The number of nitrogens with one attached hydrogen (secondary N) is 1. The second-order valence-electron chi connectivity index (χ2n) is 7.22. The lowest BCUT2D eigenvalue weighted by atomic mass is 9.96. The molecule has 0 atom stereocenters. The van der Waals surface area contributed by atoms with Gasteiger partial charge in [0, 0.05) is 30.0 Å². The van der Waals surface area contributed by atoms with Crippen molar-refractivity contribution in [2.45, 2.75) is 31.7 Å². The first-order valence-corrected chi connectivity index (χ1v) is 9.71. The standard InChI is InChI=1S/C21H21N6O2/c1-29-19-11-17-14(13-27(25-17)15-6-3-2-4-7-15)10-16(19)21(28)24-18-12-23-26-9-5-8-22-20(18)26/h2,5,8-13,15H,3-4,6-7H2,1H3,(H,24,28). The molecule has 3 heterocycles. The summed E-state index contributed by atoms with van der Waals surface area (Å²) in [6.07, 6.45) is 13.8. The molecule has 3 aromatic heterocycles. The molecular weight excluding hydrogens is 368 g/mol. The largest absolute Gasteiger partial charge is 0.496 e. The van der Waals surface area contributed by atoms with Gasteiger partial charge in [-0.25, -0.2) is 9.50 Å². The molecule has 8 nitrogen and oxygen atoms in total. The second-order valence-corrected chi connectivity index (χ2v) is 7.22. The normalized spacial score (nSPS) is 15.1. The Morgan fingerprint density at radius 2 is 2.14 bits per heavy atom. The van der Waals surface area contributed by atoms with Crippen molar-refractivity contribution in [3.8, 4) is 5.75 Å². The first-order chi connectivity index (χ1) is 14.2. The van der Waals surface area contributed by atoms with Gasteiger partial charge in [0.15, 0.2) is 5.65 Å². The first-order valence-electron chi connectivity index (χ1n) is 9.71. The summed E-state index contributed by atoms with van der Waals surface area (Å²) in [6.45, 7) is 0. The van der Waals surface area contributed by atoms with Crippen molar-refractivity contribution < 1.29 is 9.53 Å². The van der Waals surface area contributed by atoms with Gasteiger partial charge in [-0.1, -0.05) is 0 Å². The maximum Gasteiger partial charge on any atom is 0.259 e. The number of fused-ring (bicyclic) bond motifs is 2. The van der Waals surface area contributed by atoms with E-state index >= 15 is 0 Å². The number of anilines is 1. The van der Waals surface area contributed by atoms with E-state index in [0.29, 0.717) is 28.7 Å². The van der Waals surface area contributed by atoms with Crippen LogP contribution in [0.15, 0.2) is 43.0 Å². The van der Waals surface area contributed by atoms with E-state index in [1.54, 1.807) is 36.3 Å². The lowest BCUT2D eigenvalue weighted by Crippen LogP contribution is -2.13. The minimum atomic E-state index is -0.274. The van der Waals surface area contributed by atoms with Crippen LogP contribution in [0.2, 0.25) is 0 Å². The molecular formula is C21H21N6O2. The smallest absolute Gasteiger partial charge is 0.259 e. The van der Waals surface area contributed by atoms with Crippen LogP contribution in [0.5, 0.6) is 5.75 Å². The quantitative estimate of drug-likeness (QED) is 0.576. The lowest BCUT2D eigenvalue weighted by molar-refractivity contribution is 0.102. The van der Waals surface area contributed by atoms with E-state index in [2.05, 4.69) is 21.8 Å². The van der Waals surface area contributed by atoms with E-state index in [4.69, 9.17) is 9.84 Å². The van der Waals surface area contributed by atoms with E-state index in [-0.39, 0.29) is 5.91 Å². The average molecular weight is 389 g/mol. The number of carbonyl (C=O) groups is 1. The summed E-state index contributed by atoms with van der Waals surface area (Å²) in [5.74, 6) is 0.214. The van der Waals surface area contributed by atoms with Crippen LogP contribution in [0.1, 0.15) is 42.1 Å². The number of hydrogen-bond acceptors (Lipinski definition) is 5. The molecule has 5 rings (SSSR count). The van der Waals surface area contributed by atoms with Crippen LogP contribution in [0, 0.1) is 6.42 Å². The number of aromatic nitrogens is 5. The van der Waals surface area contributed by atoms with Crippen LogP contribution in [0.25, 0.3) is 16.6 Å². The Morgan fingerprint density at radius 1 is 1.28 bits per heavy atom.